The maximum atomic E-state index is 2.49. The fourth-order valence-corrected chi connectivity index (χ4v) is 4.26. The molecule has 0 spiro atoms. The maximum absolute atomic E-state index is 2.49. The fraction of sp³-hybridized carbons (Fsp3) is 1.00. The number of hydrogen-bond donors (Lipinski definition) is 0. The lowest BCUT2D eigenvalue weighted by atomic mass is 9.89. The van der Waals surface area contributed by atoms with Crippen LogP contribution in [0.4, 0.5) is 0 Å². The van der Waals surface area contributed by atoms with E-state index < -0.39 is 0 Å². The lowest BCUT2D eigenvalue weighted by Gasteiger charge is -2.17. The van der Waals surface area contributed by atoms with Gasteiger partial charge in [0.1, 0.15) is 0 Å². The van der Waals surface area contributed by atoms with Gasteiger partial charge in [0.15, 0.2) is 0 Å². The summed E-state index contributed by atoms with van der Waals surface area (Å²) in [6.45, 7) is 14.4. The van der Waals surface area contributed by atoms with E-state index in [0.29, 0.717) is 0 Å². The van der Waals surface area contributed by atoms with Crippen molar-refractivity contribution in [1.29, 1.82) is 0 Å². The van der Waals surface area contributed by atoms with Gasteiger partial charge in [0.05, 0.1) is 0 Å². The summed E-state index contributed by atoms with van der Waals surface area (Å²) in [7, 11) is 0. The Morgan fingerprint density at radius 1 is 0.440 bits per heavy atom. The van der Waals surface area contributed by atoms with E-state index in [-0.39, 0.29) is 0 Å². The summed E-state index contributed by atoms with van der Waals surface area (Å²) < 4.78 is 0. The van der Waals surface area contributed by atoms with Gasteiger partial charge in [-0.3, -0.25) is 0 Å². The van der Waals surface area contributed by atoms with Crippen LogP contribution in [-0.2, 0) is 0 Å². The molecule has 0 rings (SSSR count). The molecule has 0 aliphatic carbocycles. The van der Waals surface area contributed by atoms with Gasteiger partial charge < -0.3 is 0 Å². The summed E-state index contributed by atoms with van der Waals surface area (Å²) in [5.41, 5.74) is 0. The van der Waals surface area contributed by atoms with Crippen LogP contribution in [0.15, 0.2) is 0 Å². The summed E-state index contributed by atoms with van der Waals surface area (Å²) in [5, 5.41) is 0. The highest BCUT2D eigenvalue weighted by atomic mass is 14.1. The van der Waals surface area contributed by atoms with Gasteiger partial charge in [0.25, 0.3) is 0 Å². The van der Waals surface area contributed by atoms with Crippen LogP contribution in [0.25, 0.3) is 0 Å². The van der Waals surface area contributed by atoms with Crippen molar-refractivity contribution in [2.45, 2.75) is 138 Å². The standard InChI is InChI=1S/C25H52/c1-7-10-11-15-22(4)16-12-17-23(5)18-13-19-24(6)20-14-21-25(8-2)9-3/h22-25H,7-21H2,1-6H3/t22-,23-,24-/m1/s1. The summed E-state index contributed by atoms with van der Waals surface area (Å²) in [4.78, 5) is 0. The third-order valence-corrected chi connectivity index (χ3v) is 6.55. The predicted molar refractivity (Wildman–Crippen MR) is 117 cm³/mol. The van der Waals surface area contributed by atoms with Gasteiger partial charge in [-0.05, 0) is 23.7 Å². The average molecular weight is 353 g/mol. The average Bonchev–Trinajstić information content (AvgIpc) is 2.59. The lowest BCUT2D eigenvalue weighted by molar-refractivity contribution is 0.362. The highest BCUT2D eigenvalue weighted by Gasteiger charge is 2.09. The Balaban J connectivity index is 3.54. The second kappa shape index (κ2) is 17.4. The smallest absolute Gasteiger partial charge is 0.0420 e. The molecule has 0 amide bonds. The molecule has 0 N–H and O–H groups in total. The number of rotatable bonds is 18. The van der Waals surface area contributed by atoms with Crippen molar-refractivity contribution in [3.05, 3.63) is 0 Å². The van der Waals surface area contributed by atoms with Gasteiger partial charge in [-0.15, -0.1) is 0 Å². The van der Waals surface area contributed by atoms with Gasteiger partial charge in [-0.2, -0.15) is 0 Å². The first-order valence-corrected chi connectivity index (χ1v) is 12.0. The first-order valence-electron chi connectivity index (χ1n) is 12.0. The fourth-order valence-electron chi connectivity index (χ4n) is 4.26. The predicted octanol–water partition coefficient (Wildman–Crippen LogP) is 9.42. The molecule has 25 heavy (non-hydrogen) atoms. The number of unbranched alkanes of at least 4 members (excludes halogenated alkanes) is 2. The first-order chi connectivity index (χ1) is 12.0. The molecule has 0 aliphatic rings. The first kappa shape index (κ1) is 25.0. The van der Waals surface area contributed by atoms with Crippen molar-refractivity contribution in [3.8, 4) is 0 Å². The molecule has 152 valence electrons. The molecular weight excluding hydrogens is 300 g/mol. The van der Waals surface area contributed by atoms with Gasteiger partial charge in [0, 0.05) is 0 Å². The summed E-state index contributed by atoms with van der Waals surface area (Å²) in [5.74, 6) is 3.82. The van der Waals surface area contributed by atoms with E-state index in [4.69, 9.17) is 0 Å². The summed E-state index contributed by atoms with van der Waals surface area (Å²) in [6.07, 6.45) is 21.6. The van der Waals surface area contributed by atoms with Crippen molar-refractivity contribution in [1.82, 2.24) is 0 Å². The van der Waals surface area contributed by atoms with Crippen molar-refractivity contribution in [2.75, 3.05) is 0 Å². The van der Waals surface area contributed by atoms with Crippen LogP contribution >= 0.6 is 0 Å². The zero-order valence-corrected chi connectivity index (χ0v) is 18.9. The molecule has 0 heteroatoms. The van der Waals surface area contributed by atoms with Crippen LogP contribution in [0.5, 0.6) is 0 Å². The Morgan fingerprint density at radius 2 is 0.800 bits per heavy atom. The van der Waals surface area contributed by atoms with E-state index in [2.05, 4.69) is 41.5 Å². The molecule has 3 atom stereocenters. The van der Waals surface area contributed by atoms with E-state index in [1.165, 1.54) is 96.3 Å². The highest BCUT2D eigenvalue weighted by molar-refractivity contribution is 4.62. The van der Waals surface area contributed by atoms with E-state index in [1.54, 1.807) is 0 Å². The Bertz CT molecular complexity index is 253. The van der Waals surface area contributed by atoms with E-state index in [1.807, 2.05) is 0 Å². The Labute approximate surface area is 161 Å². The molecule has 0 aromatic carbocycles. The second-order valence-electron chi connectivity index (χ2n) is 9.29. The Kier molecular flexibility index (Phi) is 17.4. The zero-order valence-electron chi connectivity index (χ0n) is 18.9. The summed E-state index contributed by atoms with van der Waals surface area (Å²) in [6, 6.07) is 0. The number of hydrogen-bond acceptors (Lipinski definition) is 0. The third kappa shape index (κ3) is 15.9. The van der Waals surface area contributed by atoms with Gasteiger partial charge in [-0.1, -0.05) is 138 Å². The SMILES string of the molecule is CCCCC[C@@H](C)CCC[C@@H](C)CCC[C@@H](C)CCCC(CC)CC. The molecule has 0 heterocycles. The minimum Gasteiger partial charge on any atom is -0.0654 e. The normalized spacial score (nSPS) is 15.5. The third-order valence-electron chi connectivity index (χ3n) is 6.55. The van der Waals surface area contributed by atoms with Crippen LogP contribution < -0.4 is 0 Å². The molecule has 0 bridgehead atoms. The molecule has 0 aliphatic heterocycles. The molecule has 0 fully saturated rings. The van der Waals surface area contributed by atoms with E-state index in [9.17, 15) is 0 Å². The zero-order chi connectivity index (χ0) is 18.9. The molecule has 0 saturated heterocycles. The molecule has 0 aromatic rings. The van der Waals surface area contributed by atoms with E-state index in [0.717, 1.165) is 23.7 Å². The van der Waals surface area contributed by atoms with Gasteiger partial charge in [-0.25, -0.2) is 0 Å². The minimum absolute atomic E-state index is 0.944. The largest absolute Gasteiger partial charge is 0.0654 e. The Morgan fingerprint density at radius 3 is 1.16 bits per heavy atom. The molecule has 0 aromatic heterocycles. The van der Waals surface area contributed by atoms with Crippen molar-refractivity contribution >= 4 is 0 Å². The monoisotopic (exact) mass is 352 g/mol. The van der Waals surface area contributed by atoms with Crippen molar-refractivity contribution in [2.24, 2.45) is 23.7 Å². The van der Waals surface area contributed by atoms with Crippen LogP contribution in [0.3, 0.4) is 0 Å². The van der Waals surface area contributed by atoms with Crippen molar-refractivity contribution < 1.29 is 0 Å². The second-order valence-corrected chi connectivity index (χ2v) is 9.29. The minimum atomic E-state index is 0.944. The highest BCUT2D eigenvalue weighted by Crippen LogP contribution is 2.24. The van der Waals surface area contributed by atoms with E-state index >= 15 is 0 Å². The van der Waals surface area contributed by atoms with Gasteiger partial charge in [0.2, 0.25) is 0 Å². The van der Waals surface area contributed by atoms with Crippen LogP contribution in [0, 0.1) is 23.7 Å². The maximum Gasteiger partial charge on any atom is -0.0420 e. The summed E-state index contributed by atoms with van der Waals surface area (Å²) >= 11 is 0. The van der Waals surface area contributed by atoms with Gasteiger partial charge >= 0.3 is 0 Å². The van der Waals surface area contributed by atoms with Crippen LogP contribution in [0.2, 0.25) is 0 Å². The van der Waals surface area contributed by atoms with Crippen LogP contribution in [-0.4, -0.2) is 0 Å². The lowest BCUT2D eigenvalue weighted by Crippen LogP contribution is -2.02. The van der Waals surface area contributed by atoms with Crippen LogP contribution in [0.1, 0.15) is 138 Å². The molecule has 0 saturated carbocycles. The molecule has 0 unspecified atom stereocenters. The quantitative estimate of drug-likeness (QED) is 0.215. The molecular formula is C25H52. The van der Waals surface area contributed by atoms with Crippen molar-refractivity contribution in [3.63, 3.8) is 0 Å². The molecule has 0 radical (unpaired) electrons. The topological polar surface area (TPSA) is 0 Å². The Hall–Kier alpha value is 0. The molecule has 0 nitrogen and oxygen atoms in total.